The Morgan fingerprint density at radius 2 is 2.13 bits per heavy atom. The maximum Gasteiger partial charge on any atom is 0.0408 e. The van der Waals surface area contributed by atoms with Crippen molar-refractivity contribution in [2.24, 2.45) is 5.73 Å². The third kappa shape index (κ3) is 2.22. The van der Waals surface area contributed by atoms with Gasteiger partial charge < -0.3 is 10.7 Å². The van der Waals surface area contributed by atoms with Gasteiger partial charge in [0.15, 0.2) is 0 Å². The second-order valence-corrected chi connectivity index (χ2v) is 3.92. The lowest BCUT2D eigenvalue weighted by Crippen LogP contribution is -2.13. The van der Waals surface area contributed by atoms with Crippen molar-refractivity contribution in [1.29, 1.82) is 0 Å². The topological polar surface area (TPSA) is 41.8 Å². The van der Waals surface area contributed by atoms with Gasteiger partial charge in [-0.1, -0.05) is 23.7 Å². The van der Waals surface area contributed by atoms with E-state index in [1.54, 1.807) is 0 Å². The Morgan fingerprint density at radius 3 is 2.73 bits per heavy atom. The maximum atomic E-state index is 5.96. The highest BCUT2D eigenvalue weighted by Crippen LogP contribution is 2.25. The molecule has 0 spiro atoms. The number of aromatic nitrogens is 1. The molecular weight excluding hydrogens is 208 g/mol. The van der Waals surface area contributed by atoms with Crippen LogP contribution in [-0.4, -0.2) is 11.5 Å². The molecule has 1 heterocycles. The molecule has 2 aromatic rings. The Balaban J connectivity index is 2.35. The van der Waals surface area contributed by atoms with Crippen LogP contribution < -0.4 is 5.73 Å². The van der Waals surface area contributed by atoms with E-state index in [9.17, 15) is 0 Å². The first-order valence-electron chi connectivity index (χ1n) is 4.89. The monoisotopic (exact) mass is 220 g/mol. The number of aromatic amines is 1. The van der Waals surface area contributed by atoms with Crippen molar-refractivity contribution in [2.75, 3.05) is 6.54 Å². The summed E-state index contributed by atoms with van der Waals surface area (Å²) < 4.78 is 0. The van der Waals surface area contributed by atoms with Gasteiger partial charge in [0.2, 0.25) is 0 Å². The first-order chi connectivity index (χ1) is 7.31. The molecule has 3 heteroatoms. The highest BCUT2D eigenvalue weighted by molar-refractivity contribution is 6.30. The van der Waals surface area contributed by atoms with E-state index in [0.29, 0.717) is 6.54 Å². The molecule has 78 valence electrons. The van der Waals surface area contributed by atoms with Crippen LogP contribution in [0.1, 0.15) is 17.0 Å². The summed E-state index contributed by atoms with van der Waals surface area (Å²) in [5, 5.41) is 0.751. The summed E-state index contributed by atoms with van der Waals surface area (Å²) in [6, 6.07) is 9.88. The van der Waals surface area contributed by atoms with Gasteiger partial charge in [0.1, 0.15) is 0 Å². The van der Waals surface area contributed by atoms with Crippen LogP contribution in [0.5, 0.6) is 0 Å². The van der Waals surface area contributed by atoms with Crippen LogP contribution >= 0.6 is 11.6 Å². The number of benzene rings is 1. The Hall–Kier alpha value is -1.25. The van der Waals surface area contributed by atoms with Gasteiger partial charge in [-0.3, -0.25) is 0 Å². The molecule has 1 aromatic heterocycles. The highest BCUT2D eigenvalue weighted by Gasteiger charge is 2.12. The van der Waals surface area contributed by atoms with E-state index in [2.05, 4.69) is 11.1 Å². The predicted octanol–water partition coefficient (Wildman–Crippen LogP) is 2.76. The van der Waals surface area contributed by atoms with Crippen LogP contribution in [0.25, 0.3) is 0 Å². The minimum absolute atomic E-state index is 0.218. The van der Waals surface area contributed by atoms with Crippen LogP contribution in [-0.2, 0) is 0 Å². The average molecular weight is 221 g/mol. The second kappa shape index (κ2) is 4.51. The Morgan fingerprint density at radius 1 is 1.27 bits per heavy atom. The van der Waals surface area contributed by atoms with E-state index in [-0.39, 0.29) is 5.92 Å². The summed E-state index contributed by atoms with van der Waals surface area (Å²) in [4.78, 5) is 3.04. The van der Waals surface area contributed by atoms with Crippen molar-refractivity contribution in [2.45, 2.75) is 5.92 Å². The third-order valence-electron chi connectivity index (χ3n) is 2.51. The van der Waals surface area contributed by atoms with Crippen molar-refractivity contribution < 1.29 is 0 Å². The number of nitrogens with one attached hydrogen (secondary N) is 1. The molecule has 1 aromatic carbocycles. The van der Waals surface area contributed by atoms with Gasteiger partial charge in [-0.15, -0.1) is 0 Å². The SMILES string of the molecule is NCC(c1cc[nH]c1)c1cccc(Cl)c1. The molecule has 0 saturated heterocycles. The minimum atomic E-state index is 0.218. The number of hydrogen-bond donors (Lipinski definition) is 2. The van der Waals surface area contributed by atoms with E-state index in [1.165, 1.54) is 5.56 Å². The summed E-state index contributed by atoms with van der Waals surface area (Å²) in [5.74, 6) is 0.218. The van der Waals surface area contributed by atoms with Crippen molar-refractivity contribution in [3.8, 4) is 0 Å². The van der Waals surface area contributed by atoms with E-state index in [1.807, 2.05) is 36.7 Å². The third-order valence-corrected chi connectivity index (χ3v) is 2.75. The molecule has 0 fully saturated rings. The van der Waals surface area contributed by atoms with Crippen molar-refractivity contribution >= 4 is 11.6 Å². The lowest BCUT2D eigenvalue weighted by molar-refractivity contribution is 0.820. The van der Waals surface area contributed by atoms with E-state index in [0.717, 1.165) is 10.6 Å². The molecule has 0 radical (unpaired) electrons. The van der Waals surface area contributed by atoms with Crippen LogP contribution in [0, 0.1) is 0 Å². The second-order valence-electron chi connectivity index (χ2n) is 3.49. The van der Waals surface area contributed by atoms with Gasteiger partial charge in [-0.05, 0) is 29.3 Å². The Labute approximate surface area is 94.1 Å². The lowest BCUT2D eigenvalue weighted by Gasteiger charge is -2.13. The summed E-state index contributed by atoms with van der Waals surface area (Å²) in [5.41, 5.74) is 8.14. The van der Waals surface area contributed by atoms with Crippen LogP contribution in [0.3, 0.4) is 0 Å². The number of hydrogen-bond acceptors (Lipinski definition) is 1. The molecule has 0 aliphatic heterocycles. The van der Waals surface area contributed by atoms with Crippen LogP contribution in [0.15, 0.2) is 42.7 Å². The van der Waals surface area contributed by atoms with E-state index in [4.69, 9.17) is 17.3 Å². The van der Waals surface area contributed by atoms with Crippen molar-refractivity contribution in [3.63, 3.8) is 0 Å². The van der Waals surface area contributed by atoms with Crippen LogP contribution in [0.4, 0.5) is 0 Å². The maximum absolute atomic E-state index is 5.96. The largest absolute Gasteiger partial charge is 0.367 e. The molecule has 0 bridgehead atoms. The normalized spacial score (nSPS) is 12.7. The zero-order valence-corrected chi connectivity index (χ0v) is 9.04. The molecule has 1 unspecified atom stereocenters. The van der Waals surface area contributed by atoms with Gasteiger partial charge in [0, 0.05) is 29.9 Å². The van der Waals surface area contributed by atoms with Crippen molar-refractivity contribution in [3.05, 3.63) is 58.9 Å². The van der Waals surface area contributed by atoms with Gasteiger partial charge in [-0.2, -0.15) is 0 Å². The number of rotatable bonds is 3. The number of halogens is 1. The molecule has 2 nitrogen and oxygen atoms in total. The van der Waals surface area contributed by atoms with Crippen molar-refractivity contribution in [1.82, 2.24) is 4.98 Å². The van der Waals surface area contributed by atoms with Gasteiger partial charge in [0.05, 0.1) is 0 Å². The smallest absolute Gasteiger partial charge is 0.0408 e. The first kappa shape index (κ1) is 10.3. The van der Waals surface area contributed by atoms with Gasteiger partial charge in [-0.25, -0.2) is 0 Å². The molecule has 2 rings (SSSR count). The molecule has 0 saturated carbocycles. The fourth-order valence-electron chi connectivity index (χ4n) is 1.74. The highest BCUT2D eigenvalue weighted by atomic mass is 35.5. The molecule has 1 atom stereocenters. The molecular formula is C12H13ClN2. The fraction of sp³-hybridized carbons (Fsp3) is 0.167. The number of H-pyrrole nitrogens is 1. The molecule has 3 N–H and O–H groups in total. The van der Waals surface area contributed by atoms with E-state index < -0.39 is 0 Å². The standard InChI is InChI=1S/C12H13ClN2/c13-11-3-1-2-9(6-11)12(7-14)10-4-5-15-8-10/h1-6,8,12,15H,7,14H2. The summed E-state index contributed by atoms with van der Waals surface area (Å²) in [7, 11) is 0. The minimum Gasteiger partial charge on any atom is -0.367 e. The summed E-state index contributed by atoms with van der Waals surface area (Å²) >= 11 is 5.96. The zero-order chi connectivity index (χ0) is 10.7. The molecule has 15 heavy (non-hydrogen) atoms. The summed E-state index contributed by atoms with van der Waals surface area (Å²) in [6.07, 6.45) is 3.88. The molecule has 0 aliphatic carbocycles. The lowest BCUT2D eigenvalue weighted by atomic mass is 9.93. The average Bonchev–Trinajstić information content (AvgIpc) is 2.72. The van der Waals surface area contributed by atoms with E-state index >= 15 is 0 Å². The Kier molecular flexibility index (Phi) is 3.09. The fourth-order valence-corrected chi connectivity index (χ4v) is 1.94. The van der Waals surface area contributed by atoms with Gasteiger partial charge >= 0.3 is 0 Å². The summed E-state index contributed by atoms with van der Waals surface area (Å²) in [6.45, 7) is 0.582. The molecule has 0 aliphatic rings. The van der Waals surface area contributed by atoms with Gasteiger partial charge in [0.25, 0.3) is 0 Å². The Bertz CT molecular complexity index is 423. The zero-order valence-electron chi connectivity index (χ0n) is 8.28. The van der Waals surface area contributed by atoms with Crippen LogP contribution in [0.2, 0.25) is 5.02 Å². The molecule has 0 amide bonds. The quantitative estimate of drug-likeness (QED) is 0.821. The first-order valence-corrected chi connectivity index (χ1v) is 5.27. The predicted molar refractivity (Wildman–Crippen MR) is 63.1 cm³/mol. The number of nitrogens with two attached hydrogens (primary N) is 1.